The van der Waals surface area contributed by atoms with Crippen LogP contribution in [0, 0.1) is 5.92 Å². The summed E-state index contributed by atoms with van der Waals surface area (Å²) in [5.74, 6) is -1.69. The van der Waals surface area contributed by atoms with Crippen molar-refractivity contribution in [2.24, 2.45) is 5.92 Å². The lowest BCUT2D eigenvalue weighted by atomic mass is 10.1. The van der Waals surface area contributed by atoms with Crippen molar-refractivity contribution in [1.29, 1.82) is 0 Å². The zero-order valence-electron chi connectivity index (χ0n) is 5.20. The molecule has 0 fully saturated rings. The molecule has 1 rings (SSSR count). The van der Waals surface area contributed by atoms with Gasteiger partial charge in [-0.05, 0) is 6.08 Å². The number of nitrogens with one attached hydrogen (secondary N) is 1. The van der Waals surface area contributed by atoms with Gasteiger partial charge in [-0.25, -0.2) is 0 Å². The van der Waals surface area contributed by atoms with Crippen molar-refractivity contribution in [3.8, 4) is 0 Å². The van der Waals surface area contributed by atoms with Crippen molar-refractivity contribution >= 4 is 11.9 Å². The monoisotopic (exact) mass is 141 g/mol. The third-order valence-electron chi connectivity index (χ3n) is 1.29. The Kier molecular flexibility index (Phi) is 1.71. The molecule has 10 heavy (non-hydrogen) atoms. The molecule has 1 unspecified atom stereocenters. The van der Waals surface area contributed by atoms with Crippen LogP contribution in [-0.4, -0.2) is 23.5 Å². The Morgan fingerprint density at radius 3 is 2.90 bits per heavy atom. The summed E-state index contributed by atoms with van der Waals surface area (Å²) in [6, 6.07) is 0. The zero-order chi connectivity index (χ0) is 7.56. The standard InChI is InChI=1S/C6H7NO3/c8-5-2-1-4(3-7-5)6(9)10/h1-2,4H,3H2,(H,7,8)(H,9,10). The van der Waals surface area contributed by atoms with Gasteiger partial charge in [-0.1, -0.05) is 6.08 Å². The highest BCUT2D eigenvalue weighted by Crippen LogP contribution is 2.01. The molecule has 2 N–H and O–H groups in total. The number of amides is 1. The molecule has 1 aliphatic rings. The van der Waals surface area contributed by atoms with Gasteiger partial charge in [-0.2, -0.15) is 0 Å². The predicted octanol–water partition coefficient (Wildman–Crippen LogP) is -0.627. The van der Waals surface area contributed by atoms with Crippen molar-refractivity contribution in [2.45, 2.75) is 0 Å². The third kappa shape index (κ3) is 1.34. The van der Waals surface area contributed by atoms with Gasteiger partial charge in [-0.3, -0.25) is 9.59 Å². The van der Waals surface area contributed by atoms with E-state index >= 15 is 0 Å². The van der Waals surface area contributed by atoms with Crippen LogP contribution in [0.15, 0.2) is 12.2 Å². The average molecular weight is 141 g/mol. The first-order valence-corrected chi connectivity index (χ1v) is 2.89. The molecular weight excluding hydrogens is 134 g/mol. The minimum atomic E-state index is -0.906. The van der Waals surface area contributed by atoms with E-state index in [0.29, 0.717) is 0 Å². The summed E-state index contributed by atoms with van der Waals surface area (Å²) in [5.41, 5.74) is 0. The van der Waals surface area contributed by atoms with Crippen LogP contribution in [0.3, 0.4) is 0 Å². The quantitative estimate of drug-likeness (QED) is 0.511. The van der Waals surface area contributed by atoms with Crippen LogP contribution in [0.1, 0.15) is 0 Å². The number of hydrogen-bond donors (Lipinski definition) is 2. The summed E-state index contributed by atoms with van der Waals surface area (Å²) in [7, 11) is 0. The van der Waals surface area contributed by atoms with E-state index in [4.69, 9.17) is 5.11 Å². The molecule has 54 valence electrons. The fourth-order valence-corrected chi connectivity index (χ4v) is 0.711. The average Bonchev–Trinajstić information content (AvgIpc) is 1.88. The lowest BCUT2D eigenvalue weighted by molar-refractivity contribution is -0.140. The maximum atomic E-state index is 10.4. The highest BCUT2D eigenvalue weighted by molar-refractivity contribution is 5.90. The van der Waals surface area contributed by atoms with Crippen LogP contribution in [0.5, 0.6) is 0 Å². The van der Waals surface area contributed by atoms with Crippen molar-refractivity contribution in [1.82, 2.24) is 5.32 Å². The fourth-order valence-electron chi connectivity index (χ4n) is 0.711. The van der Waals surface area contributed by atoms with Gasteiger partial charge < -0.3 is 10.4 Å². The predicted molar refractivity (Wildman–Crippen MR) is 33.3 cm³/mol. The fraction of sp³-hybridized carbons (Fsp3) is 0.333. The SMILES string of the molecule is O=C1C=CC(C(=O)O)CN1. The maximum Gasteiger partial charge on any atom is 0.312 e. The molecule has 1 amide bonds. The number of carbonyl (C=O) groups excluding carboxylic acids is 1. The van der Waals surface area contributed by atoms with Gasteiger partial charge in [0.25, 0.3) is 0 Å². The minimum Gasteiger partial charge on any atom is -0.481 e. The summed E-state index contributed by atoms with van der Waals surface area (Å²) in [6.07, 6.45) is 2.63. The van der Waals surface area contributed by atoms with Gasteiger partial charge in [0.05, 0.1) is 5.92 Å². The number of carboxylic acids is 1. The highest BCUT2D eigenvalue weighted by Gasteiger charge is 2.17. The number of hydrogen-bond acceptors (Lipinski definition) is 2. The van der Waals surface area contributed by atoms with Crippen LogP contribution < -0.4 is 5.32 Å². The molecule has 0 aromatic carbocycles. The number of carbonyl (C=O) groups is 2. The van der Waals surface area contributed by atoms with Crippen LogP contribution >= 0.6 is 0 Å². The lowest BCUT2D eigenvalue weighted by Crippen LogP contribution is -2.34. The second-order valence-corrected chi connectivity index (χ2v) is 2.05. The Hall–Kier alpha value is -1.32. The molecule has 1 atom stereocenters. The van der Waals surface area contributed by atoms with Crippen molar-refractivity contribution in [2.75, 3.05) is 6.54 Å². The molecule has 0 radical (unpaired) electrons. The van der Waals surface area contributed by atoms with Crippen molar-refractivity contribution < 1.29 is 14.7 Å². The Balaban J connectivity index is 2.61. The van der Waals surface area contributed by atoms with E-state index in [9.17, 15) is 9.59 Å². The normalized spacial score (nSPS) is 24.0. The summed E-state index contributed by atoms with van der Waals surface area (Å²) in [5, 5.41) is 10.8. The van der Waals surface area contributed by atoms with E-state index in [2.05, 4.69) is 5.32 Å². The molecule has 0 aliphatic carbocycles. The molecule has 4 nitrogen and oxygen atoms in total. The molecule has 0 spiro atoms. The topological polar surface area (TPSA) is 66.4 Å². The summed E-state index contributed by atoms with van der Waals surface area (Å²) < 4.78 is 0. The second kappa shape index (κ2) is 2.51. The molecular formula is C6H7NO3. The van der Waals surface area contributed by atoms with Crippen LogP contribution in [0.2, 0.25) is 0 Å². The molecule has 4 heteroatoms. The van der Waals surface area contributed by atoms with E-state index in [1.165, 1.54) is 12.2 Å². The lowest BCUT2D eigenvalue weighted by Gasteiger charge is -2.11. The summed E-state index contributed by atoms with van der Waals surface area (Å²) in [4.78, 5) is 20.7. The molecule has 0 saturated carbocycles. The minimum absolute atomic E-state index is 0.199. The largest absolute Gasteiger partial charge is 0.481 e. The molecule has 0 aromatic heterocycles. The van der Waals surface area contributed by atoms with Crippen molar-refractivity contribution in [3.63, 3.8) is 0 Å². The Morgan fingerprint density at radius 1 is 1.80 bits per heavy atom. The van der Waals surface area contributed by atoms with Gasteiger partial charge in [0, 0.05) is 6.54 Å². The Bertz CT molecular complexity index is 197. The van der Waals surface area contributed by atoms with Gasteiger partial charge in [0.2, 0.25) is 5.91 Å². The first-order valence-electron chi connectivity index (χ1n) is 2.89. The van der Waals surface area contributed by atoms with Gasteiger partial charge in [-0.15, -0.1) is 0 Å². The Morgan fingerprint density at radius 2 is 2.50 bits per heavy atom. The van der Waals surface area contributed by atoms with Gasteiger partial charge in [0.1, 0.15) is 0 Å². The maximum absolute atomic E-state index is 10.4. The summed E-state index contributed by atoms with van der Waals surface area (Å²) >= 11 is 0. The molecule has 0 bridgehead atoms. The van der Waals surface area contributed by atoms with Crippen molar-refractivity contribution in [3.05, 3.63) is 12.2 Å². The number of carboxylic acid groups (broad SMARTS) is 1. The zero-order valence-corrected chi connectivity index (χ0v) is 5.20. The van der Waals surface area contributed by atoms with Crippen LogP contribution in [-0.2, 0) is 9.59 Å². The smallest absolute Gasteiger partial charge is 0.312 e. The van der Waals surface area contributed by atoms with Gasteiger partial charge in [0.15, 0.2) is 0 Å². The van der Waals surface area contributed by atoms with E-state index in [-0.39, 0.29) is 12.5 Å². The summed E-state index contributed by atoms with van der Waals surface area (Å²) in [6.45, 7) is 0.199. The first-order chi connectivity index (χ1) is 4.70. The molecule has 1 aliphatic heterocycles. The van der Waals surface area contributed by atoms with Gasteiger partial charge >= 0.3 is 5.97 Å². The van der Waals surface area contributed by atoms with E-state index in [1.54, 1.807) is 0 Å². The highest BCUT2D eigenvalue weighted by atomic mass is 16.4. The third-order valence-corrected chi connectivity index (χ3v) is 1.29. The van der Waals surface area contributed by atoms with E-state index in [1.807, 2.05) is 0 Å². The van der Waals surface area contributed by atoms with E-state index < -0.39 is 11.9 Å². The first kappa shape index (κ1) is 6.80. The number of rotatable bonds is 1. The number of aliphatic carboxylic acids is 1. The van der Waals surface area contributed by atoms with E-state index in [0.717, 1.165) is 0 Å². The van der Waals surface area contributed by atoms with Crippen LogP contribution in [0.4, 0.5) is 0 Å². The second-order valence-electron chi connectivity index (χ2n) is 2.05. The van der Waals surface area contributed by atoms with Crippen LogP contribution in [0.25, 0.3) is 0 Å². The molecule has 1 heterocycles. The Labute approximate surface area is 57.5 Å². The molecule has 0 saturated heterocycles. The molecule has 0 aromatic rings.